The molecule has 1 N–H and O–H groups in total. The number of fused-ring (bicyclic) bond motifs is 1. The number of ether oxygens (including phenoxy) is 1. The summed E-state index contributed by atoms with van der Waals surface area (Å²) in [6.07, 6.45) is -3.10. The monoisotopic (exact) mass is 566 g/mol. The van der Waals surface area contributed by atoms with Crippen molar-refractivity contribution in [3.05, 3.63) is 29.3 Å². The first-order valence-electron chi connectivity index (χ1n) is 12.0. The molecule has 3 aliphatic carbocycles. The second-order valence-corrected chi connectivity index (χ2v) is 13.4. The Bertz CT molecular complexity index is 1140. The van der Waals surface area contributed by atoms with Crippen molar-refractivity contribution < 1.29 is 32.6 Å². The summed E-state index contributed by atoms with van der Waals surface area (Å²) in [7, 11) is 0. The number of piperidine rings is 1. The fourth-order valence-electron chi connectivity index (χ4n) is 8.84. The molecule has 12 heteroatoms. The van der Waals surface area contributed by atoms with E-state index in [9.17, 15) is 27.9 Å². The van der Waals surface area contributed by atoms with E-state index < -0.39 is 45.4 Å². The minimum Gasteiger partial charge on any atom is -0.508 e. The number of hydrogen-bond acceptors (Lipinski definition) is 4. The number of likely N-dealkylation sites (tertiary alicyclic amines) is 2. The number of carbonyl (C=O) groups is 2. The van der Waals surface area contributed by atoms with Crippen molar-refractivity contribution in [2.75, 3.05) is 19.7 Å². The van der Waals surface area contributed by atoms with Crippen LogP contribution in [0.4, 0.5) is 18.0 Å². The molecule has 2 aliphatic heterocycles. The van der Waals surface area contributed by atoms with Gasteiger partial charge in [-0.15, -0.1) is 0 Å². The molecule has 1 aromatic carbocycles. The summed E-state index contributed by atoms with van der Waals surface area (Å²) < 4.78 is 44.4. The van der Waals surface area contributed by atoms with Gasteiger partial charge < -0.3 is 19.6 Å². The molecule has 5 unspecified atom stereocenters. The van der Waals surface area contributed by atoms with E-state index in [4.69, 9.17) is 39.5 Å². The van der Waals surface area contributed by atoms with Crippen LogP contribution in [0.5, 0.6) is 5.75 Å². The molecule has 4 bridgehead atoms. The molecule has 4 fully saturated rings. The van der Waals surface area contributed by atoms with Crippen LogP contribution >= 0.6 is 34.8 Å². The maximum absolute atomic E-state index is 13.6. The van der Waals surface area contributed by atoms with Crippen LogP contribution in [0.15, 0.2) is 18.2 Å². The SMILES string of the molecule is O=C(OCC(Cl)(Cl)Cl)N1C[C@@H]2CC34CCC1C2C31CCN(C(=O)C(F)(F)F)C4Cc2ccc(O)cc21. The molecule has 2 saturated heterocycles. The Balaban J connectivity index is 1.43. The lowest BCUT2D eigenvalue weighted by Crippen LogP contribution is -2.71. The van der Waals surface area contributed by atoms with Crippen LogP contribution < -0.4 is 0 Å². The van der Waals surface area contributed by atoms with Crippen molar-refractivity contribution in [2.45, 2.75) is 59.6 Å². The fraction of sp³-hybridized carbons (Fsp3) is 0.667. The van der Waals surface area contributed by atoms with Crippen LogP contribution in [0.2, 0.25) is 0 Å². The van der Waals surface area contributed by atoms with Crippen molar-refractivity contribution in [1.29, 1.82) is 0 Å². The third-order valence-corrected chi connectivity index (χ3v) is 9.90. The molecule has 6 nitrogen and oxygen atoms in total. The first kappa shape index (κ1) is 24.7. The number of nitrogens with zero attached hydrogens (tertiary/aromatic N) is 2. The van der Waals surface area contributed by atoms with Gasteiger partial charge in [-0.2, -0.15) is 13.2 Å². The van der Waals surface area contributed by atoms with E-state index in [2.05, 4.69) is 0 Å². The van der Waals surface area contributed by atoms with E-state index in [0.717, 1.165) is 16.0 Å². The molecule has 0 aromatic heterocycles. The number of aromatic hydroxyl groups is 1. The molecule has 196 valence electrons. The Morgan fingerprint density at radius 1 is 1.17 bits per heavy atom. The van der Waals surface area contributed by atoms with Crippen LogP contribution in [0.3, 0.4) is 0 Å². The van der Waals surface area contributed by atoms with Gasteiger partial charge in [0.1, 0.15) is 12.4 Å². The third kappa shape index (κ3) is 3.24. The van der Waals surface area contributed by atoms with Gasteiger partial charge in [-0.05, 0) is 67.2 Å². The standard InChI is InChI=1S/C24H24Cl3F3N2O4/c25-23(26,27)11-36-20(35)32-10-13-9-21-4-3-16(32)18(13)22(21)5-6-31(19(34)24(28,29)30)17(21)7-12-1-2-14(33)8-15(12)22/h1-2,8,13,16-18,33H,3-7,9-11H2/t13-,16?,17?,18?,21?,22?/m0/s1. The Labute approximate surface area is 220 Å². The van der Waals surface area contributed by atoms with Gasteiger partial charge in [0.05, 0.1) is 0 Å². The molecule has 36 heavy (non-hydrogen) atoms. The topological polar surface area (TPSA) is 70.1 Å². The molecule has 0 spiro atoms. The average Bonchev–Trinajstić information content (AvgIpc) is 3.23. The molecule has 6 atom stereocenters. The van der Waals surface area contributed by atoms with E-state index in [1.165, 1.54) is 0 Å². The van der Waals surface area contributed by atoms with Crippen LogP contribution in [0, 0.1) is 17.3 Å². The lowest BCUT2D eigenvalue weighted by molar-refractivity contribution is -0.199. The quantitative estimate of drug-likeness (QED) is 0.488. The highest BCUT2D eigenvalue weighted by Gasteiger charge is 2.77. The maximum atomic E-state index is 13.6. The Kier molecular flexibility index (Phi) is 5.31. The smallest absolute Gasteiger partial charge is 0.471 e. The van der Waals surface area contributed by atoms with Crippen molar-refractivity contribution in [3.63, 3.8) is 0 Å². The number of hydrogen-bond donors (Lipinski definition) is 1. The highest BCUT2D eigenvalue weighted by Crippen LogP contribution is 2.75. The highest BCUT2D eigenvalue weighted by atomic mass is 35.6. The number of alkyl halides is 6. The summed E-state index contributed by atoms with van der Waals surface area (Å²) in [5.41, 5.74) is 0.703. The van der Waals surface area contributed by atoms with Crippen molar-refractivity contribution >= 4 is 46.8 Å². The number of carbonyl (C=O) groups excluding carboxylic acids is 2. The predicted molar refractivity (Wildman–Crippen MR) is 125 cm³/mol. The number of benzene rings is 1. The maximum Gasteiger partial charge on any atom is 0.471 e. The van der Waals surface area contributed by atoms with Gasteiger partial charge in [-0.25, -0.2) is 4.79 Å². The second-order valence-electron chi connectivity index (χ2n) is 10.9. The minimum atomic E-state index is -4.94. The molecule has 2 heterocycles. The lowest BCUT2D eigenvalue weighted by Gasteiger charge is -2.66. The normalized spacial score (nSPS) is 36.4. The van der Waals surface area contributed by atoms with Crippen LogP contribution in [-0.4, -0.2) is 68.7 Å². The summed E-state index contributed by atoms with van der Waals surface area (Å²) in [4.78, 5) is 28.3. The summed E-state index contributed by atoms with van der Waals surface area (Å²) in [5.74, 6) is -1.69. The predicted octanol–water partition coefficient (Wildman–Crippen LogP) is 4.96. The number of amides is 2. The summed E-state index contributed by atoms with van der Waals surface area (Å²) in [6, 6.07) is 4.27. The number of halogens is 6. The van der Waals surface area contributed by atoms with Gasteiger partial charge in [-0.1, -0.05) is 40.9 Å². The van der Waals surface area contributed by atoms with E-state index in [1.807, 2.05) is 0 Å². The van der Waals surface area contributed by atoms with E-state index in [-0.39, 0.29) is 30.2 Å². The van der Waals surface area contributed by atoms with Crippen LogP contribution in [-0.2, 0) is 21.4 Å². The molecule has 0 radical (unpaired) electrons. The van der Waals surface area contributed by atoms with Crippen LogP contribution in [0.1, 0.15) is 36.8 Å². The molecule has 6 rings (SSSR count). The van der Waals surface area contributed by atoms with Gasteiger partial charge in [0.15, 0.2) is 0 Å². The van der Waals surface area contributed by atoms with Crippen LogP contribution in [0.25, 0.3) is 0 Å². The molecular formula is C24H24Cl3F3N2O4. The Morgan fingerprint density at radius 3 is 2.61 bits per heavy atom. The summed E-state index contributed by atoms with van der Waals surface area (Å²) in [6.45, 7) is -0.0173. The zero-order valence-electron chi connectivity index (χ0n) is 19.0. The number of phenols is 1. The Hall–Kier alpha value is -1.58. The third-order valence-electron chi connectivity index (χ3n) is 9.57. The largest absolute Gasteiger partial charge is 0.508 e. The highest BCUT2D eigenvalue weighted by molar-refractivity contribution is 6.67. The average molecular weight is 568 g/mol. The van der Waals surface area contributed by atoms with Gasteiger partial charge in [0, 0.05) is 36.0 Å². The molecule has 2 saturated carbocycles. The molecule has 2 amide bonds. The number of phenolic OH excluding ortho intramolecular Hbond substituents is 1. The van der Waals surface area contributed by atoms with Gasteiger partial charge in [0.25, 0.3) is 0 Å². The van der Waals surface area contributed by atoms with E-state index in [1.54, 1.807) is 23.1 Å². The summed E-state index contributed by atoms with van der Waals surface area (Å²) >= 11 is 17.3. The Morgan fingerprint density at radius 2 is 1.92 bits per heavy atom. The van der Waals surface area contributed by atoms with E-state index >= 15 is 0 Å². The van der Waals surface area contributed by atoms with Crippen molar-refractivity contribution in [3.8, 4) is 5.75 Å². The van der Waals surface area contributed by atoms with E-state index in [0.29, 0.717) is 38.6 Å². The van der Waals surface area contributed by atoms with Crippen molar-refractivity contribution in [1.82, 2.24) is 9.80 Å². The minimum absolute atomic E-state index is 0.0203. The molecular weight excluding hydrogens is 544 g/mol. The van der Waals surface area contributed by atoms with Gasteiger partial charge in [-0.3, -0.25) is 4.79 Å². The molecule has 1 aromatic rings. The summed E-state index contributed by atoms with van der Waals surface area (Å²) in [5, 5.41) is 10.4. The molecule has 5 aliphatic rings. The zero-order valence-corrected chi connectivity index (χ0v) is 21.3. The second kappa shape index (κ2) is 7.73. The van der Waals surface area contributed by atoms with Gasteiger partial charge in [0.2, 0.25) is 3.79 Å². The zero-order chi connectivity index (χ0) is 25.8. The fourth-order valence-corrected chi connectivity index (χ4v) is 9.01. The van der Waals surface area contributed by atoms with Crippen molar-refractivity contribution in [2.24, 2.45) is 17.3 Å². The number of rotatable bonds is 1. The first-order chi connectivity index (χ1) is 16.8. The lowest BCUT2D eigenvalue weighted by atomic mass is 9.43. The van der Waals surface area contributed by atoms with Gasteiger partial charge >= 0.3 is 18.2 Å². The first-order valence-corrected chi connectivity index (χ1v) is 13.1.